The summed E-state index contributed by atoms with van der Waals surface area (Å²) >= 11 is 6.04. The Hall–Kier alpha value is -2.53. The fraction of sp³-hybridized carbons (Fsp3) is 0.222. The third-order valence-electron chi connectivity index (χ3n) is 3.37. The van der Waals surface area contributed by atoms with Gasteiger partial charge in [-0.1, -0.05) is 41.9 Å². The molecule has 1 atom stereocenters. The Balaban J connectivity index is 1.87. The van der Waals surface area contributed by atoms with Crippen molar-refractivity contribution in [3.05, 3.63) is 64.7 Å². The van der Waals surface area contributed by atoms with Gasteiger partial charge in [-0.25, -0.2) is 0 Å². The smallest absolute Gasteiger partial charge is 0.307 e. The van der Waals surface area contributed by atoms with Crippen LogP contribution in [-0.2, 0) is 22.6 Å². The largest absolute Gasteiger partial charge is 0.481 e. The number of nitrogens with one attached hydrogen (secondary N) is 1. The number of rotatable bonds is 7. The van der Waals surface area contributed by atoms with E-state index in [1.165, 1.54) is 0 Å². The molecule has 126 valence electrons. The molecule has 0 saturated carbocycles. The third-order valence-corrected chi connectivity index (χ3v) is 3.74. The molecule has 0 radical (unpaired) electrons. The molecule has 0 aromatic heterocycles. The van der Waals surface area contributed by atoms with Gasteiger partial charge >= 0.3 is 5.97 Å². The minimum atomic E-state index is -0.893. The number of hydrogen-bond donors (Lipinski definition) is 2. The monoisotopic (exact) mass is 347 g/mol. The molecule has 0 heterocycles. The van der Waals surface area contributed by atoms with Gasteiger partial charge in [-0.05, 0) is 36.2 Å². The average molecular weight is 348 g/mol. The standard InChI is InChI=1S/C18H18ClNO4/c1-12(18(23)20-11-14-4-2-3-5-16(14)19)24-15-8-6-13(7-9-15)10-17(21)22/h2-9,12H,10-11H2,1H3,(H,20,23)(H,21,22). The van der Waals surface area contributed by atoms with Gasteiger partial charge in [0, 0.05) is 11.6 Å². The molecule has 0 aliphatic heterocycles. The van der Waals surface area contributed by atoms with E-state index in [1.54, 1.807) is 37.3 Å². The lowest BCUT2D eigenvalue weighted by atomic mass is 10.1. The molecule has 0 bridgehead atoms. The van der Waals surface area contributed by atoms with Crippen LogP contribution in [0.1, 0.15) is 18.1 Å². The second-order valence-corrected chi connectivity index (χ2v) is 5.69. The first kappa shape index (κ1) is 17.8. The normalized spacial score (nSPS) is 11.6. The zero-order valence-electron chi connectivity index (χ0n) is 13.2. The molecule has 24 heavy (non-hydrogen) atoms. The molecule has 0 saturated heterocycles. The van der Waals surface area contributed by atoms with E-state index in [1.807, 2.05) is 18.2 Å². The number of halogens is 1. The summed E-state index contributed by atoms with van der Waals surface area (Å²) in [7, 11) is 0. The first-order chi connectivity index (χ1) is 11.5. The number of hydrogen-bond acceptors (Lipinski definition) is 3. The lowest BCUT2D eigenvalue weighted by Crippen LogP contribution is -2.35. The summed E-state index contributed by atoms with van der Waals surface area (Å²) < 4.78 is 5.56. The Labute approximate surface area is 145 Å². The van der Waals surface area contributed by atoms with Crippen LogP contribution in [0.5, 0.6) is 5.75 Å². The summed E-state index contributed by atoms with van der Waals surface area (Å²) in [4.78, 5) is 22.7. The van der Waals surface area contributed by atoms with Gasteiger partial charge in [0.2, 0.25) is 0 Å². The molecule has 0 aliphatic carbocycles. The van der Waals surface area contributed by atoms with E-state index < -0.39 is 12.1 Å². The first-order valence-corrected chi connectivity index (χ1v) is 7.82. The predicted molar refractivity (Wildman–Crippen MR) is 91.2 cm³/mol. The lowest BCUT2D eigenvalue weighted by Gasteiger charge is -2.15. The van der Waals surface area contributed by atoms with E-state index in [9.17, 15) is 9.59 Å². The van der Waals surface area contributed by atoms with Crippen molar-refractivity contribution in [2.45, 2.75) is 26.0 Å². The van der Waals surface area contributed by atoms with Crippen LogP contribution >= 0.6 is 11.6 Å². The number of carbonyl (C=O) groups is 2. The molecule has 0 spiro atoms. The van der Waals surface area contributed by atoms with E-state index in [0.717, 1.165) is 5.56 Å². The summed E-state index contributed by atoms with van der Waals surface area (Å²) in [6.07, 6.45) is -0.730. The van der Waals surface area contributed by atoms with Gasteiger partial charge in [-0.2, -0.15) is 0 Å². The minimum Gasteiger partial charge on any atom is -0.481 e. The summed E-state index contributed by atoms with van der Waals surface area (Å²) in [6, 6.07) is 13.9. The maximum atomic E-state index is 12.1. The SMILES string of the molecule is CC(Oc1ccc(CC(=O)O)cc1)C(=O)NCc1ccccc1Cl. The molecular weight excluding hydrogens is 330 g/mol. The average Bonchev–Trinajstić information content (AvgIpc) is 2.55. The first-order valence-electron chi connectivity index (χ1n) is 7.44. The Morgan fingerprint density at radius 3 is 2.46 bits per heavy atom. The molecule has 2 aromatic carbocycles. The van der Waals surface area contributed by atoms with Gasteiger partial charge in [-0.15, -0.1) is 0 Å². The van der Waals surface area contributed by atoms with Crippen molar-refractivity contribution in [3.63, 3.8) is 0 Å². The van der Waals surface area contributed by atoms with Crippen molar-refractivity contribution in [1.82, 2.24) is 5.32 Å². The predicted octanol–water partition coefficient (Wildman–Crippen LogP) is 3.05. The number of ether oxygens (including phenoxy) is 1. The Kier molecular flexibility index (Phi) is 6.21. The van der Waals surface area contributed by atoms with Crippen LogP contribution in [0.15, 0.2) is 48.5 Å². The van der Waals surface area contributed by atoms with Crippen molar-refractivity contribution in [2.24, 2.45) is 0 Å². The molecule has 6 heteroatoms. The van der Waals surface area contributed by atoms with Crippen molar-refractivity contribution >= 4 is 23.5 Å². The summed E-state index contributed by atoms with van der Waals surface area (Å²) in [6.45, 7) is 1.97. The Morgan fingerprint density at radius 1 is 1.17 bits per heavy atom. The van der Waals surface area contributed by atoms with E-state index in [4.69, 9.17) is 21.4 Å². The van der Waals surface area contributed by atoms with Gasteiger partial charge in [0.15, 0.2) is 6.10 Å². The van der Waals surface area contributed by atoms with Crippen molar-refractivity contribution in [3.8, 4) is 5.75 Å². The molecule has 0 aliphatic rings. The van der Waals surface area contributed by atoms with Gasteiger partial charge in [0.05, 0.1) is 6.42 Å². The molecule has 0 fully saturated rings. The number of benzene rings is 2. The molecular formula is C18H18ClNO4. The number of carboxylic acid groups (broad SMARTS) is 1. The number of carbonyl (C=O) groups excluding carboxylic acids is 1. The fourth-order valence-corrected chi connectivity index (χ4v) is 2.29. The molecule has 2 N–H and O–H groups in total. The van der Waals surface area contributed by atoms with E-state index >= 15 is 0 Å². The van der Waals surface area contributed by atoms with Gasteiger partial charge < -0.3 is 15.2 Å². The highest BCUT2D eigenvalue weighted by molar-refractivity contribution is 6.31. The highest BCUT2D eigenvalue weighted by Crippen LogP contribution is 2.16. The quantitative estimate of drug-likeness (QED) is 0.807. The highest BCUT2D eigenvalue weighted by atomic mass is 35.5. The second-order valence-electron chi connectivity index (χ2n) is 5.28. The Bertz CT molecular complexity index is 715. The summed E-state index contributed by atoms with van der Waals surface area (Å²) in [5, 5.41) is 12.1. The van der Waals surface area contributed by atoms with Crippen LogP contribution in [0.25, 0.3) is 0 Å². The highest BCUT2D eigenvalue weighted by Gasteiger charge is 2.15. The molecule has 1 unspecified atom stereocenters. The van der Waals surface area contributed by atoms with E-state index in [-0.39, 0.29) is 12.3 Å². The molecule has 2 aromatic rings. The van der Waals surface area contributed by atoms with Crippen molar-refractivity contribution in [1.29, 1.82) is 0 Å². The summed E-state index contributed by atoms with van der Waals surface area (Å²) in [5.74, 6) is -0.648. The Morgan fingerprint density at radius 2 is 1.83 bits per heavy atom. The number of amides is 1. The zero-order chi connectivity index (χ0) is 17.5. The summed E-state index contributed by atoms with van der Waals surface area (Å²) in [5.41, 5.74) is 1.50. The second kappa shape index (κ2) is 8.36. The van der Waals surface area contributed by atoms with Crippen molar-refractivity contribution in [2.75, 3.05) is 0 Å². The lowest BCUT2D eigenvalue weighted by molar-refractivity contribution is -0.136. The van der Waals surface area contributed by atoms with Crippen LogP contribution in [0.2, 0.25) is 5.02 Å². The molecule has 5 nitrogen and oxygen atoms in total. The van der Waals surface area contributed by atoms with Crippen LogP contribution in [-0.4, -0.2) is 23.1 Å². The molecule has 1 amide bonds. The third kappa shape index (κ3) is 5.28. The van der Waals surface area contributed by atoms with E-state index in [2.05, 4.69) is 5.32 Å². The van der Waals surface area contributed by atoms with Gasteiger partial charge in [-0.3, -0.25) is 9.59 Å². The topological polar surface area (TPSA) is 75.6 Å². The maximum absolute atomic E-state index is 12.1. The number of carboxylic acids is 1. The van der Waals surface area contributed by atoms with Crippen LogP contribution in [0.3, 0.4) is 0 Å². The van der Waals surface area contributed by atoms with Crippen molar-refractivity contribution < 1.29 is 19.4 Å². The van der Waals surface area contributed by atoms with E-state index in [0.29, 0.717) is 22.9 Å². The maximum Gasteiger partial charge on any atom is 0.307 e. The van der Waals surface area contributed by atoms with Crippen LogP contribution < -0.4 is 10.1 Å². The fourth-order valence-electron chi connectivity index (χ4n) is 2.09. The van der Waals surface area contributed by atoms with Gasteiger partial charge in [0.25, 0.3) is 5.91 Å². The minimum absolute atomic E-state index is 0.0475. The van der Waals surface area contributed by atoms with Crippen LogP contribution in [0.4, 0.5) is 0 Å². The zero-order valence-corrected chi connectivity index (χ0v) is 13.9. The number of aliphatic carboxylic acids is 1. The molecule has 2 rings (SSSR count). The van der Waals surface area contributed by atoms with Crippen LogP contribution in [0, 0.1) is 0 Å². The van der Waals surface area contributed by atoms with Gasteiger partial charge in [0.1, 0.15) is 5.75 Å².